The van der Waals surface area contributed by atoms with E-state index in [1.165, 1.54) is 7.11 Å². The van der Waals surface area contributed by atoms with Crippen molar-refractivity contribution in [1.29, 1.82) is 0 Å². The third-order valence-electron chi connectivity index (χ3n) is 5.04. The van der Waals surface area contributed by atoms with Crippen LogP contribution in [-0.2, 0) is 4.74 Å². The van der Waals surface area contributed by atoms with E-state index in [-0.39, 0.29) is 11.6 Å². The highest BCUT2D eigenvalue weighted by Gasteiger charge is 2.61. The molecule has 0 aliphatic heterocycles. The van der Waals surface area contributed by atoms with Crippen LogP contribution >= 0.6 is 0 Å². The van der Waals surface area contributed by atoms with E-state index in [1.807, 2.05) is 30.3 Å². The largest absolute Gasteiger partial charge is 0.364 e. The normalized spacial score (nSPS) is 22.1. The summed E-state index contributed by atoms with van der Waals surface area (Å²) >= 11 is 0. The molecule has 1 atom stereocenters. The van der Waals surface area contributed by atoms with Crippen LogP contribution in [0.25, 0.3) is 5.57 Å². The van der Waals surface area contributed by atoms with Crippen LogP contribution in [0.3, 0.4) is 0 Å². The van der Waals surface area contributed by atoms with Gasteiger partial charge >= 0.3 is 0 Å². The number of ketones is 2. The Kier molecular flexibility index (Phi) is 3.77. The number of hydrogen-bond donors (Lipinski definition) is 0. The second-order valence-corrected chi connectivity index (χ2v) is 6.56. The first-order chi connectivity index (χ1) is 11.4. The molecule has 122 valence electrons. The maximum absolute atomic E-state index is 13.4. The summed E-state index contributed by atoms with van der Waals surface area (Å²) in [6.07, 6.45) is 0. The van der Waals surface area contributed by atoms with Gasteiger partial charge in [0.2, 0.25) is 5.78 Å². The quantitative estimate of drug-likeness (QED) is 0.851. The predicted octanol–water partition coefficient (Wildman–Crippen LogP) is 4.19. The molecule has 1 aliphatic rings. The van der Waals surface area contributed by atoms with E-state index in [0.717, 1.165) is 5.56 Å². The maximum atomic E-state index is 13.4. The molecule has 1 unspecified atom stereocenters. The van der Waals surface area contributed by atoms with Gasteiger partial charge in [0.15, 0.2) is 11.4 Å². The van der Waals surface area contributed by atoms with Gasteiger partial charge in [-0.2, -0.15) is 0 Å². The van der Waals surface area contributed by atoms with Crippen LogP contribution in [0.4, 0.5) is 0 Å². The van der Waals surface area contributed by atoms with Crippen molar-refractivity contribution in [1.82, 2.24) is 0 Å². The van der Waals surface area contributed by atoms with E-state index in [9.17, 15) is 9.59 Å². The Morgan fingerprint density at radius 2 is 1.38 bits per heavy atom. The van der Waals surface area contributed by atoms with Crippen LogP contribution in [-0.4, -0.2) is 24.3 Å². The van der Waals surface area contributed by atoms with Crippen molar-refractivity contribution in [3.8, 4) is 0 Å². The van der Waals surface area contributed by atoms with Gasteiger partial charge in [0.1, 0.15) is 0 Å². The minimum atomic E-state index is -1.43. The summed E-state index contributed by atoms with van der Waals surface area (Å²) in [6.45, 7) is 7.65. The van der Waals surface area contributed by atoms with Gasteiger partial charge in [-0.1, -0.05) is 61.2 Å². The van der Waals surface area contributed by atoms with Gasteiger partial charge in [-0.3, -0.25) is 9.59 Å². The molecule has 3 heteroatoms. The summed E-state index contributed by atoms with van der Waals surface area (Å²) in [5.74, 6) is -0.337. The number of hydrogen-bond acceptors (Lipinski definition) is 3. The Balaban J connectivity index is 2.29. The SMILES string of the molecule is C=C(c1ccccc1)C1(OC)C(=O)c2ccccc2C(=O)C1(C)C. The van der Waals surface area contributed by atoms with E-state index in [0.29, 0.717) is 16.7 Å². The molecule has 3 rings (SSSR count). The second-order valence-electron chi connectivity index (χ2n) is 6.56. The van der Waals surface area contributed by atoms with E-state index in [2.05, 4.69) is 6.58 Å². The van der Waals surface area contributed by atoms with Crippen LogP contribution in [0.2, 0.25) is 0 Å². The molecule has 3 nitrogen and oxygen atoms in total. The topological polar surface area (TPSA) is 43.4 Å². The van der Waals surface area contributed by atoms with Crippen molar-refractivity contribution in [2.45, 2.75) is 19.4 Å². The summed E-state index contributed by atoms with van der Waals surface area (Å²) in [6, 6.07) is 16.3. The molecule has 2 aromatic carbocycles. The third kappa shape index (κ3) is 1.95. The average molecular weight is 320 g/mol. The molecule has 0 N–H and O–H groups in total. The first-order valence-corrected chi connectivity index (χ1v) is 7.86. The zero-order valence-corrected chi connectivity index (χ0v) is 14.1. The van der Waals surface area contributed by atoms with Crippen LogP contribution in [0.15, 0.2) is 61.2 Å². The fourth-order valence-electron chi connectivity index (χ4n) is 3.68. The first kappa shape index (κ1) is 16.3. The predicted molar refractivity (Wildman–Crippen MR) is 94.1 cm³/mol. The first-order valence-electron chi connectivity index (χ1n) is 7.86. The molecule has 1 aliphatic carbocycles. The Morgan fingerprint density at radius 3 is 1.92 bits per heavy atom. The van der Waals surface area contributed by atoms with Gasteiger partial charge in [0.05, 0.1) is 5.41 Å². The van der Waals surface area contributed by atoms with Gasteiger partial charge in [0, 0.05) is 18.2 Å². The fraction of sp³-hybridized carbons (Fsp3) is 0.238. The summed E-state index contributed by atoms with van der Waals surface area (Å²) in [5.41, 5.74) is -0.377. The highest BCUT2D eigenvalue weighted by atomic mass is 16.5. The number of fused-ring (bicyclic) bond motifs is 1. The lowest BCUT2D eigenvalue weighted by molar-refractivity contribution is -0.0242. The van der Waals surface area contributed by atoms with Crippen LogP contribution < -0.4 is 0 Å². The molecule has 0 fully saturated rings. The minimum absolute atomic E-state index is 0.114. The molecule has 0 aromatic heterocycles. The molecule has 2 aromatic rings. The Labute approximate surface area is 142 Å². The Hall–Kier alpha value is -2.52. The molecular formula is C21H20O3. The summed E-state index contributed by atoms with van der Waals surface area (Å²) in [5, 5.41) is 0. The van der Waals surface area contributed by atoms with E-state index >= 15 is 0 Å². The fourth-order valence-corrected chi connectivity index (χ4v) is 3.68. The Morgan fingerprint density at radius 1 is 0.875 bits per heavy atom. The second kappa shape index (κ2) is 5.53. The van der Waals surface area contributed by atoms with E-state index in [1.54, 1.807) is 38.1 Å². The average Bonchev–Trinajstić information content (AvgIpc) is 2.61. The van der Waals surface area contributed by atoms with Gasteiger partial charge in [-0.25, -0.2) is 0 Å². The van der Waals surface area contributed by atoms with Gasteiger partial charge in [-0.15, -0.1) is 0 Å². The molecule has 0 saturated carbocycles. The zero-order valence-electron chi connectivity index (χ0n) is 14.1. The van der Waals surface area contributed by atoms with Crippen molar-refractivity contribution < 1.29 is 14.3 Å². The highest BCUT2D eigenvalue weighted by Crippen LogP contribution is 2.50. The molecule has 0 radical (unpaired) electrons. The van der Waals surface area contributed by atoms with Crippen molar-refractivity contribution in [2.24, 2.45) is 5.41 Å². The van der Waals surface area contributed by atoms with Gasteiger partial charge < -0.3 is 4.74 Å². The molecule has 0 saturated heterocycles. The third-order valence-corrected chi connectivity index (χ3v) is 5.04. The Bertz CT molecular complexity index is 833. The number of rotatable bonds is 3. The van der Waals surface area contributed by atoms with Crippen molar-refractivity contribution in [2.75, 3.05) is 7.11 Å². The molecule has 0 heterocycles. The molecule has 0 amide bonds. The number of carbonyl (C=O) groups is 2. The summed E-state index contributed by atoms with van der Waals surface area (Å²) < 4.78 is 5.78. The zero-order chi connectivity index (χ0) is 17.5. The highest BCUT2D eigenvalue weighted by molar-refractivity contribution is 6.24. The van der Waals surface area contributed by atoms with Gasteiger partial charge in [0.25, 0.3) is 0 Å². The number of ether oxygens (including phenoxy) is 1. The number of benzene rings is 2. The van der Waals surface area contributed by atoms with E-state index < -0.39 is 11.0 Å². The number of methoxy groups -OCH3 is 1. The summed E-state index contributed by atoms with van der Waals surface area (Å²) in [7, 11) is 1.47. The molecule has 0 bridgehead atoms. The minimum Gasteiger partial charge on any atom is -0.364 e. The summed E-state index contributed by atoms with van der Waals surface area (Å²) in [4.78, 5) is 26.5. The van der Waals surface area contributed by atoms with Crippen molar-refractivity contribution in [3.63, 3.8) is 0 Å². The lowest BCUT2D eigenvalue weighted by Gasteiger charge is -2.47. The van der Waals surface area contributed by atoms with Crippen molar-refractivity contribution >= 4 is 17.1 Å². The standard InChI is InChI=1S/C21H20O3/c1-14(15-10-6-5-7-11-15)21(24-4)19(23)17-13-9-8-12-16(17)18(22)20(21,2)3/h5-13H,1H2,2-4H3. The molecule has 0 spiro atoms. The van der Waals surface area contributed by atoms with Crippen LogP contribution in [0.5, 0.6) is 0 Å². The monoisotopic (exact) mass is 320 g/mol. The lowest BCUT2D eigenvalue weighted by Crippen LogP contribution is -2.60. The maximum Gasteiger partial charge on any atom is 0.200 e. The van der Waals surface area contributed by atoms with Gasteiger partial charge in [-0.05, 0) is 25.0 Å². The lowest BCUT2D eigenvalue weighted by atomic mass is 9.58. The molecular weight excluding hydrogens is 300 g/mol. The number of Topliss-reactive ketones (excluding diaryl/α,β-unsaturated/α-hetero) is 2. The van der Waals surface area contributed by atoms with Crippen LogP contribution in [0.1, 0.15) is 40.1 Å². The van der Waals surface area contributed by atoms with E-state index in [4.69, 9.17) is 4.74 Å². The molecule has 24 heavy (non-hydrogen) atoms. The smallest absolute Gasteiger partial charge is 0.200 e. The number of carbonyl (C=O) groups excluding carboxylic acids is 2. The van der Waals surface area contributed by atoms with Crippen LogP contribution in [0, 0.1) is 5.41 Å². The van der Waals surface area contributed by atoms with Crippen molar-refractivity contribution in [3.05, 3.63) is 77.9 Å².